The van der Waals surface area contributed by atoms with Crippen LogP contribution in [0, 0.1) is 11.8 Å². The van der Waals surface area contributed by atoms with Crippen molar-refractivity contribution in [3.05, 3.63) is 0 Å². The van der Waals surface area contributed by atoms with Crippen LogP contribution in [0.15, 0.2) is 4.99 Å². The molecule has 11 amide bonds. The summed E-state index contributed by atoms with van der Waals surface area (Å²) in [4.78, 5) is 150. The highest BCUT2D eigenvalue weighted by Gasteiger charge is 2.35. The smallest absolute Gasteiger partial charge is 0.245 e. The summed E-state index contributed by atoms with van der Waals surface area (Å²) < 4.78 is 0. The molecule has 28 heteroatoms. The van der Waals surface area contributed by atoms with Crippen LogP contribution in [0.1, 0.15) is 118 Å². The van der Waals surface area contributed by atoms with Crippen LogP contribution in [-0.2, 0) is 52.7 Å². The van der Waals surface area contributed by atoms with Crippen LogP contribution in [0.4, 0.5) is 0 Å². The minimum atomic E-state index is -1.65. The van der Waals surface area contributed by atoms with E-state index in [2.05, 4.69) is 58.2 Å². The lowest BCUT2D eigenvalue weighted by Crippen LogP contribution is -2.61. The molecular weight excluding hydrogens is 969 g/mol. The van der Waals surface area contributed by atoms with Gasteiger partial charge in [-0.3, -0.25) is 57.7 Å². The Labute approximate surface area is 432 Å². The van der Waals surface area contributed by atoms with Crippen LogP contribution in [0.2, 0.25) is 0 Å². The SMILES string of the molecule is CC[C@H](C)[C@@H]1NC(=O)C(CO)NC(=O)[C@@H](NC(=O)CNC(=O)[C@H](CCCCN)NC(C)=O)CCCCNC(=O)[C@H](CC(=O)N[C@H](CN[C@@H](CCCN=C(N)N)C(N)=O)CC(C)C)NC(=O)C(CCC(N)=O)NC1=O. The molecule has 1 rings (SSSR count). The fraction of sp³-hybridized carbons (Fsp3) is 0.739. The molecule has 0 radical (unpaired) electrons. The van der Waals surface area contributed by atoms with Gasteiger partial charge in [0.25, 0.3) is 0 Å². The lowest BCUT2D eigenvalue weighted by atomic mass is 9.97. The van der Waals surface area contributed by atoms with Crippen molar-refractivity contribution in [3.63, 3.8) is 0 Å². The maximum atomic E-state index is 14.1. The Morgan fingerprint density at radius 2 is 1.42 bits per heavy atom. The molecule has 9 atom stereocenters. The average molecular weight is 1050 g/mol. The van der Waals surface area contributed by atoms with Crippen LogP contribution in [0.25, 0.3) is 0 Å². The minimum Gasteiger partial charge on any atom is -0.394 e. The topological polar surface area (TPSA) is 471 Å². The monoisotopic (exact) mass is 1050 g/mol. The number of carbonyl (C=O) groups excluding carboxylic acids is 11. The lowest BCUT2D eigenvalue weighted by Gasteiger charge is -2.29. The highest BCUT2D eigenvalue weighted by molar-refractivity contribution is 5.98. The van der Waals surface area contributed by atoms with E-state index in [0.717, 1.165) is 0 Å². The second-order valence-electron chi connectivity index (χ2n) is 18.8. The largest absolute Gasteiger partial charge is 0.394 e. The number of hydrogen-bond acceptors (Lipinski definition) is 15. The Morgan fingerprint density at radius 1 is 0.770 bits per heavy atom. The quantitative estimate of drug-likeness (QED) is 0.0197. The first-order chi connectivity index (χ1) is 34.9. The van der Waals surface area contributed by atoms with Gasteiger partial charge in [-0.15, -0.1) is 0 Å². The van der Waals surface area contributed by atoms with Crippen LogP contribution >= 0.6 is 0 Å². The zero-order valence-corrected chi connectivity index (χ0v) is 43.5. The van der Waals surface area contributed by atoms with Crippen molar-refractivity contribution in [2.24, 2.45) is 45.5 Å². The van der Waals surface area contributed by atoms with Gasteiger partial charge in [-0.05, 0) is 82.6 Å². The van der Waals surface area contributed by atoms with Crippen LogP contribution in [0.5, 0.6) is 0 Å². The molecule has 0 aromatic carbocycles. The summed E-state index contributed by atoms with van der Waals surface area (Å²) in [7, 11) is 0. The summed E-state index contributed by atoms with van der Waals surface area (Å²) in [5, 5.41) is 36.3. The molecule has 0 aromatic rings. The van der Waals surface area contributed by atoms with Crippen molar-refractivity contribution in [1.82, 2.24) is 53.2 Å². The van der Waals surface area contributed by atoms with Gasteiger partial charge in [-0.1, -0.05) is 34.1 Å². The van der Waals surface area contributed by atoms with Crippen LogP contribution in [0.3, 0.4) is 0 Å². The maximum absolute atomic E-state index is 14.1. The number of nitrogens with two attached hydrogens (primary N) is 5. The lowest BCUT2D eigenvalue weighted by molar-refractivity contribution is -0.137. The number of guanidine groups is 1. The van der Waals surface area contributed by atoms with Crippen molar-refractivity contribution < 1.29 is 57.8 Å². The molecule has 1 saturated heterocycles. The van der Waals surface area contributed by atoms with Crippen molar-refractivity contribution in [2.45, 2.75) is 166 Å². The van der Waals surface area contributed by atoms with Gasteiger partial charge in [-0.25, -0.2) is 0 Å². The number of aliphatic hydroxyl groups is 1. The van der Waals surface area contributed by atoms with E-state index < -0.39 is 145 Å². The van der Waals surface area contributed by atoms with E-state index in [1.165, 1.54) is 6.92 Å². The van der Waals surface area contributed by atoms with Crippen molar-refractivity contribution >= 4 is 70.9 Å². The fourth-order valence-corrected chi connectivity index (χ4v) is 7.71. The molecule has 420 valence electrons. The van der Waals surface area contributed by atoms with Gasteiger partial charge in [-0.2, -0.15) is 0 Å². The molecule has 0 aliphatic carbocycles. The molecule has 1 aliphatic heterocycles. The molecular formula is C46H84N16O12. The summed E-state index contributed by atoms with van der Waals surface area (Å²) >= 11 is 0. The minimum absolute atomic E-state index is 0.0399. The van der Waals surface area contributed by atoms with Crippen LogP contribution in [-0.4, -0.2) is 164 Å². The molecule has 2 unspecified atom stereocenters. The van der Waals surface area contributed by atoms with Gasteiger partial charge in [0.2, 0.25) is 65.0 Å². The van der Waals surface area contributed by atoms with Gasteiger partial charge in [0.1, 0.15) is 36.3 Å². The van der Waals surface area contributed by atoms with Crippen molar-refractivity contribution in [3.8, 4) is 0 Å². The maximum Gasteiger partial charge on any atom is 0.245 e. The fourth-order valence-electron chi connectivity index (χ4n) is 7.71. The highest BCUT2D eigenvalue weighted by Crippen LogP contribution is 2.12. The van der Waals surface area contributed by atoms with E-state index in [1.54, 1.807) is 13.8 Å². The van der Waals surface area contributed by atoms with Crippen LogP contribution < -0.4 is 81.8 Å². The van der Waals surface area contributed by atoms with Gasteiger partial charge < -0.3 is 86.9 Å². The molecule has 1 fully saturated rings. The van der Waals surface area contributed by atoms with E-state index in [1.807, 2.05) is 13.8 Å². The van der Waals surface area contributed by atoms with Crippen molar-refractivity contribution in [1.29, 1.82) is 0 Å². The number of nitrogens with zero attached hydrogens (tertiary/aromatic N) is 1. The molecule has 1 aliphatic rings. The third kappa shape index (κ3) is 26.9. The summed E-state index contributed by atoms with van der Waals surface area (Å²) in [5.41, 5.74) is 27.4. The molecule has 0 spiro atoms. The first-order valence-electron chi connectivity index (χ1n) is 25.2. The van der Waals surface area contributed by atoms with E-state index in [9.17, 15) is 57.8 Å². The first-order valence-corrected chi connectivity index (χ1v) is 25.2. The third-order valence-corrected chi connectivity index (χ3v) is 11.9. The first kappa shape index (κ1) is 65.3. The number of nitrogens with one attached hydrogen (secondary N) is 10. The summed E-state index contributed by atoms with van der Waals surface area (Å²) in [5.74, 6) is -9.46. The Morgan fingerprint density at radius 3 is 2.01 bits per heavy atom. The Hall–Kier alpha value is -6.68. The van der Waals surface area contributed by atoms with Gasteiger partial charge >= 0.3 is 0 Å². The van der Waals surface area contributed by atoms with Gasteiger partial charge in [0, 0.05) is 39.0 Å². The number of carbonyl (C=O) groups is 11. The van der Waals surface area contributed by atoms with Gasteiger partial charge in [0.05, 0.1) is 25.6 Å². The normalized spacial score (nSPS) is 20.9. The van der Waals surface area contributed by atoms with E-state index in [0.29, 0.717) is 38.6 Å². The Balaban J connectivity index is 3.59. The second kappa shape index (κ2) is 35.5. The summed E-state index contributed by atoms with van der Waals surface area (Å²) in [6.45, 7) is 7.41. The number of primary amides is 2. The number of hydrogen-bond donors (Lipinski definition) is 16. The third-order valence-electron chi connectivity index (χ3n) is 11.9. The molecule has 74 heavy (non-hydrogen) atoms. The zero-order chi connectivity index (χ0) is 55.9. The zero-order valence-electron chi connectivity index (χ0n) is 43.5. The number of aliphatic hydroxyl groups excluding tert-OH is 1. The Bertz CT molecular complexity index is 1920. The van der Waals surface area contributed by atoms with Gasteiger partial charge in [0.15, 0.2) is 5.96 Å². The number of aliphatic imine (C=N–C) groups is 1. The van der Waals surface area contributed by atoms with Crippen molar-refractivity contribution in [2.75, 3.05) is 39.3 Å². The highest BCUT2D eigenvalue weighted by atomic mass is 16.3. The second-order valence-corrected chi connectivity index (χ2v) is 18.8. The molecule has 0 aromatic heterocycles. The van der Waals surface area contributed by atoms with E-state index >= 15 is 0 Å². The summed E-state index contributed by atoms with van der Waals surface area (Å²) in [6, 6.07) is -9.91. The molecule has 28 nitrogen and oxygen atoms in total. The number of unbranched alkanes of at least 4 members (excludes halogenated alkanes) is 1. The molecule has 1 heterocycles. The average Bonchev–Trinajstić information content (AvgIpc) is 3.32. The molecule has 0 bridgehead atoms. The molecule has 21 N–H and O–H groups in total. The number of amides is 11. The predicted octanol–water partition coefficient (Wildman–Crippen LogP) is -5.82. The van der Waals surface area contributed by atoms with E-state index in [4.69, 9.17) is 28.7 Å². The Kier molecular flexibility index (Phi) is 31.3. The summed E-state index contributed by atoms with van der Waals surface area (Å²) in [6.07, 6.45) is 1.55. The van der Waals surface area contributed by atoms with E-state index in [-0.39, 0.29) is 70.0 Å². The predicted molar refractivity (Wildman–Crippen MR) is 272 cm³/mol. The standard InChI is InChI=1S/C46H84N16O12/c1-6-26(4)38-45(74)59-32(15-16-35(48)65)43(72)60-33(21-36(66)57-28(20-25(2)3)22-54-29(39(49)68)14-11-19-53-46(50)51)41(70)52-18-10-8-13-31(42(71)61-34(24-63)44(73)62-38)58-37(67)23-55-40(69)30(56-27(5)64)12-7-9-17-47/h25-26,28-34,38,54,63H,6-24,47H2,1-5H3,(H2,48,65)(H2,49,68)(H,52,70)(H,55,69)(H,56,64)(H,57,66)(H,58,67)(H,59,74)(H,60,72)(H,61,71)(H,62,73)(H4,50,51,53)/t26-,28-,29-,30-,31-,32?,33-,34?,38-/m0/s1. The number of rotatable bonds is 28. The molecule has 0 saturated carbocycles.